The van der Waals surface area contributed by atoms with Crippen molar-refractivity contribution in [1.29, 1.82) is 0 Å². The van der Waals surface area contributed by atoms with Crippen molar-refractivity contribution in [3.8, 4) is 5.88 Å². The Labute approximate surface area is 114 Å². The first-order valence-electron chi connectivity index (χ1n) is 7.07. The van der Waals surface area contributed by atoms with Gasteiger partial charge in [-0.3, -0.25) is 0 Å². The van der Waals surface area contributed by atoms with Crippen LogP contribution in [0.2, 0.25) is 0 Å². The van der Waals surface area contributed by atoms with Gasteiger partial charge >= 0.3 is 0 Å². The van der Waals surface area contributed by atoms with Gasteiger partial charge in [-0.15, -0.1) is 0 Å². The Kier molecular flexibility index (Phi) is 4.96. The molecule has 0 amide bonds. The monoisotopic (exact) mass is 265 g/mol. The van der Waals surface area contributed by atoms with Crippen LogP contribution >= 0.6 is 0 Å². The number of anilines is 1. The molecule has 1 heterocycles. The zero-order valence-corrected chi connectivity index (χ0v) is 11.7. The summed E-state index contributed by atoms with van der Waals surface area (Å²) in [5, 5.41) is 13.0. The summed E-state index contributed by atoms with van der Waals surface area (Å²) in [6.07, 6.45) is 5.50. The molecule has 0 aromatic carbocycles. The highest BCUT2D eigenvalue weighted by molar-refractivity contribution is 5.47. The molecule has 1 fully saturated rings. The fraction of sp³-hybridized carbons (Fsp3) is 0.714. The fourth-order valence-electron chi connectivity index (χ4n) is 2.58. The van der Waals surface area contributed by atoms with Crippen molar-refractivity contribution in [3.05, 3.63) is 11.9 Å². The SMILES string of the molecule is CCOc1ncnc(NCC2CCCC(O)C2)c1C. The van der Waals surface area contributed by atoms with Crippen molar-refractivity contribution >= 4 is 5.82 Å². The lowest BCUT2D eigenvalue weighted by Crippen LogP contribution is -2.25. The molecule has 2 rings (SSSR count). The van der Waals surface area contributed by atoms with Crippen LogP contribution in [0.25, 0.3) is 0 Å². The molecule has 1 aromatic heterocycles. The van der Waals surface area contributed by atoms with Crippen LogP contribution in [0.1, 0.15) is 38.2 Å². The molecule has 0 saturated heterocycles. The topological polar surface area (TPSA) is 67.3 Å². The van der Waals surface area contributed by atoms with Crippen LogP contribution in [0.5, 0.6) is 5.88 Å². The molecule has 5 heteroatoms. The van der Waals surface area contributed by atoms with E-state index in [0.717, 1.165) is 37.2 Å². The van der Waals surface area contributed by atoms with Crippen molar-refractivity contribution in [2.75, 3.05) is 18.5 Å². The summed E-state index contributed by atoms with van der Waals surface area (Å²) < 4.78 is 5.46. The first-order valence-corrected chi connectivity index (χ1v) is 7.07. The van der Waals surface area contributed by atoms with Gasteiger partial charge in [0.1, 0.15) is 12.1 Å². The molecule has 19 heavy (non-hydrogen) atoms. The molecule has 2 unspecified atom stereocenters. The van der Waals surface area contributed by atoms with Gasteiger partial charge in [0.2, 0.25) is 5.88 Å². The molecule has 0 aliphatic heterocycles. The second-order valence-corrected chi connectivity index (χ2v) is 5.15. The molecule has 5 nitrogen and oxygen atoms in total. The number of hydrogen-bond acceptors (Lipinski definition) is 5. The Morgan fingerprint density at radius 1 is 1.42 bits per heavy atom. The summed E-state index contributed by atoms with van der Waals surface area (Å²) >= 11 is 0. The molecule has 0 radical (unpaired) electrons. The van der Waals surface area contributed by atoms with E-state index >= 15 is 0 Å². The van der Waals surface area contributed by atoms with E-state index < -0.39 is 0 Å². The van der Waals surface area contributed by atoms with Crippen molar-refractivity contribution < 1.29 is 9.84 Å². The van der Waals surface area contributed by atoms with Crippen LogP contribution in [0, 0.1) is 12.8 Å². The third-order valence-electron chi connectivity index (χ3n) is 3.63. The number of aliphatic hydroxyl groups excluding tert-OH is 1. The average Bonchev–Trinajstić information content (AvgIpc) is 2.40. The third-order valence-corrected chi connectivity index (χ3v) is 3.63. The van der Waals surface area contributed by atoms with E-state index in [2.05, 4.69) is 15.3 Å². The van der Waals surface area contributed by atoms with Crippen LogP contribution in [-0.4, -0.2) is 34.3 Å². The Morgan fingerprint density at radius 2 is 2.26 bits per heavy atom. The molecule has 2 N–H and O–H groups in total. The molecule has 0 bridgehead atoms. The fourth-order valence-corrected chi connectivity index (χ4v) is 2.58. The molecule has 1 aromatic rings. The highest BCUT2D eigenvalue weighted by atomic mass is 16.5. The molecular formula is C14H23N3O2. The summed E-state index contributed by atoms with van der Waals surface area (Å²) in [4.78, 5) is 8.38. The van der Waals surface area contributed by atoms with E-state index in [1.165, 1.54) is 12.7 Å². The minimum absolute atomic E-state index is 0.133. The minimum Gasteiger partial charge on any atom is -0.478 e. The molecule has 1 saturated carbocycles. The summed E-state index contributed by atoms with van der Waals surface area (Å²) in [6, 6.07) is 0. The van der Waals surface area contributed by atoms with Gasteiger partial charge in [-0.05, 0) is 39.0 Å². The van der Waals surface area contributed by atoms with Crippen molar-refractivity contribution in [2.45, 2.75) is 45.6 Å². The van der Waals surface area contributed by atoms with E-state index in [9.17, 15) is 5.11 Å². The largest absolute Gasteiger partial charge is 0.478 e. The van der Waals surface area contributed by atoms with E-state index in [1.54, 1.807) is 0 Å². The summed E-state index contributed by atoms with van der Waals surface area (Å²) in [6.45, 7) is 5.35. The zero-order valence-electron chi connectivity index (χ0n) is 11.7. The molecule has 106 valence electrons. The number of ether oxygens (including phenoxy) is 1. The van der Waals surface area contributed by atoms with E-state index in [0.29, 0.717) is 18.4 Å². The Hall–Kier alpha value is -1.36. The number of rotatable bonds is 5. The smallest absolute Gasteiger partial charge is 0.221 e. The third kappa shape index (κ3) is 3.80. The van der Waals surface area contributed by atoms with E-state index in [-0.39, 0.29) is 6.10 Å². The Bertz CT molecular complexity index is 412. The summed E-state index contributed by atoms with van der Waals surface area (Å²) in [7, 11) is 0. The highest BCUT2D eigenvalue weighted by Crippen LogP contribution is 2.26. The van der Waals surface area contributed by atoms with Crippen molar-refractivity contribution in [1.82, 2.24) is 9.97 Å². The van der Waals surface area contributed by atoms with Gasteiger partial charge in [0.25, 0.3) is 0 Å². The maximum Gasteiger partial charge on any atom is 0.221 e. The first-order chi connectivity index (χ1) is 9.20. The number of nitrogens with one attached hydrogen (secondary N) is 1. The zero-order chi connectivity index (χ0) is 13.7. The maximum atomic E-state index is 9.67. The molecular weight excluding hydrogens is 242 g/mol. The van der Waals surface area contributed by atoms with Crippen molar-refractivity contribution in [2.24, 2.45) is 5.92 Å². The normalized spacial score (nSPS) is 23.1. The summed E-state index contributed by atoms with van der Waals surface area (Å²) in [5.74, 6) is 2.00. The second-order valence-electron chi connectivity index (χ2n) is 5.15. The van der Waals surface area contributed by atoms with Crippen molar-refractivity contribution in [3.63, 3.8) is 0 Å². The van der Waals surface area contributed by atoms with Gasteiger partial charge in [0.15, 0.2) is 0 Å². The predicted octanol–water partition coefficient (Wildman–Crippen LogP) is 2.15. The van der Waals surface area contributed by atoms with Crippen LogP contribution in [-0.2, 0) is 0 Å². The number of hydrogen-bond donors (Lipinski definition) is 2. The molecule has 1 aliphatic rings. The lowest BCUT2D eigenvalue weighted by molar-refractivity contribution is 0.104. The van der Waals surface area contributed by atoms with Gasteiger partial charge in [-0.2, -0.15) is 0 Å². The summed E-state index contributed by atoms with van der Waals surface area (Å²) in [5.41, 5.74) is 0.945. The quantitative estimate of drug-likeness (QED) is 0.854. The maximum absolute atomic E-state index is 9.67. The number of aromatic nitrogens is 2. The Morgan fingerprint density at radius 3 is 3.00 bits per heavy atom. The van der Waals surface area contributed by atoms with Crippen LogP contribution in [0.4, 0.5) is 5.82 Å². The standard InChI is InChI=1S/C14H23N3O2/c1-3-19-14-10(2)13(16-9-17-14)15-8-11-5-4-6-12(18)7-11/h9,11-12,18H,3-8H2,1-2H3,(H,15,16,17). The average molecular weight is 265 g/mol. The van der Waals surface area contributed by atoms with Crippen LogP contribution in [0.15, 0.2) is 6.33 Å². The van der Waals surface area contributed by atoms with E-state index in [1.807, 2.05) is 13.8 Å². The van der Waals surface area contributed by atoms with Gasteiger partial charge in [-0.25, -0.2) is 9.97 Å². The van der Waals surface area contributed by atoms with Gasteiger partial charge in [0, 0.05) is 6.54 Å². The van der Waals surface area contributed by atoms with Gasteiger partial charge in [0.05, 0.1) is 18.3 Å². The molecule has 0 spiro atoms. The lowest BCUT2D eigenvalue weighted by Gasteiger charge is -2.26. The van der Waals surface area contributed by atoms with Gasteiger partial charge in [-0.1, -0.05) is 6.42 Å². The van der Waals surface area contributed by atoms with Crippen LogP contribution < -0.4 is 10.1 Å². The van der Waals surface area contributed by atoms with Gasteiger partial charge < -0.3 is 15.2 Å². The predicted molar refractivity (Wildman–Crippen MR) is 74.4 cm³/mol. The number of nitrogens with zero attached hydrogens (tertiary/aromatic N) is 2. The lowest BCUT2D eigenvalue weighted by atomic mass is 9.87. The highest BCUT2D eigenvalue weighted by Gasteiger charge is 2.20. The molecule has 2 atom stereocenters. The second kappa shape index (κ2) is 6.70. The molecule has 1 aliphatic carbocycles. The van der Waals surface area contributed by atoms with E-state index in [4.69, 9.17) is 4.74 Å². The van der Waals surface area contributed by atoms with Crippen LogP contribution in [0.3, 0.4) is 0 Å². The Balaban J connectivity index is 1.93. The minimum atomic E-state index is -0.133. The number of aliphatic hydroxyl groups is 1. The first kappa shape index (κ1) is 14.1.